The molecule has 0 bridgehead atoms. The zero-order chi connectivity index (χ0) is 40.7. The van der Waals surface area contributed by atoms with Crippen LogP contribution < -0.4 is 4.90 Å². The maximum absolute atomic E-state index is 6.52. The van der Waals surface area contributed by atoms with E-state index in [0.717, 1.165) is 50.1 Å². The van der Waals surface area contributed by atoms with Gasteiger partial charge in [-0.1, -0.05) is 196 Å². The number of hydrogen-bond acceptors (Lipinski definition) is 2. The van der Waals surface area contributed by atoms with Gasteiger partial charge < -0.3 is 9.32 Å². The fourth-order valence-electron chi connectivity index (χ4n) is 10.1. The van der Waals surface area contributed by atoms with Crippen molar-refractivity contribution in [1.29, 1.82) is 0 Å². The summed E-state index contributed by atoms with van der Waals surface area (Å²) in [6.07, 6.45) is 0. The number of fused-ring (bicyclic) bond motifs is 9. The minimum absolute atomic E-state index is 0.162. The molecule has 1 aromatic heterocycles. The van der Waals surface area contributed by atoms with E-state index in [1.165, 1.54) is 66.1 Å². The summed E-state index contributed by atoms with van der Waals surface area (Å²) >= 11 is 0. The molecule has 1 aliphatic rings. The Balaban J connectivity index is 1.12. The average Bonchev–Trinajstić information content (AvgIpc) is 3.81. The lowest BCUT2D eigenvalue weighted by Crippen LogP contribution is -2.17. The molecule has 2 nitrogen and oxygen atoms in total. The van der Waals surface area contributed by atoms with Gasteiger partial charge in [-0.15, -0.1) is 0 Å². The van der Waals surface area contributed by atoms with Crippen LogP contribution in [0.2, 0.25) is 0 Å². The van der Waals surface area contributed by atoms with Crippen molar-refractivity contribution in [2.75, 3.05) is 4.90 Å². The molecule has 10 aromatic carbocycles. The highest BCUT2D eigenvalue weighted by Gasteiger charge is 2.36. The van der Waals surface area contributed by atoms with Crippen LogP contribution in [0.25, 0.3) is 88.0 Å². The number of nitrogens with zero attached hydrogens (tertiary/aromatic N) is 1. The molecule has 0 saturated heterocycles. The summed E-state index contributed by atoms with van der Waals surface area (Å²) < 4.78 is 6.52. The van der Waals surface area contributed by atoms with E-state index in [2.05, 4.69) is 225 Å². The third-order valence-electron chi connectivity index (χ3n) is 13.1. The van der Waals surface area contributed by atoms with Gasteiger partial charge in [0, 0.05) is 44.1 Å². The van der Waals surface area contributed by atoms with Crippen LogP contribution in [0.4, 0.5) is 17.1 Å². The predicted octanol–water partition coefficient (Wildman–Crippen LogP) is 16.7. The van der Waals surface area contributed by atoms with Crippen LogP contribution in [0, 0.1) is 0 Å². The second-order valence-electron chi connectivity index (χ2n) is 16.8. The van der Waals surface area contributed by atoms with Gasteiger partial charge in [0.15, 0.2) is 0 Å². The molecule has 0 radical (unpaired) electrons. The van der Waals surface area contributed by atoms with Crippen LogP contribution in [0.1, 0.15) is 25.0 Å². The molecule has 11 aromatic rings. The summed E-state index contributed by atoms with van der Waals surface area (Å²) in [7, 11) is 0. The molecule has 0 fully saturated rings. The molecule has 0 spiro atoms. The molecule has 61 heavy (non-hydrogen) atoms. The highest BCUT2D eigenvalue weighted by molar-refractivity contribution is 6.22. The van der Waals surface area contributed by atoms with Crippen molar-refractivity contribution in [3.8, 4) is 44.5 Å². The second kappa shape index (κ2) is 13.7. The van der Waals surface area contributed by atoms with Gasteiger partial charge in [-0.3, -0.25) is 0 Å². The molecule has 1 heterocycles. The van der Waals surface area contributed by atoms with E-state index >= 15 is 0 Å². The maximum Gasteiger partial charge on any atom is 0.143 e. The van der Waals surface area contributed by atoms with Crippen molar-refractivity contribution in [3.05, 3.63) is 223 Å². The molecule has 288 valence electrons. The second-order valence-corrected chi connectivity index (χ2v) is 16.8. The van der Waals surface area contributed by atoms with Crippen LogP contribution in [-0.4, -0.2) is 0 Å². The molecular weight excluding hydrogens is 739 g/mol. The van der Waals surface area contributed by atoms with Gasteiger partial charge in [-0.25, -0.2) is 0 Å². The number of hydrogen-bond donors (Lipinski definition) is 0. The summed E-state index contributed by atoms with van der Waals surface area (Å²) in [5.74, 6) is 0. The van der Waals surface area contributed by atoms with Crippen molar-refractivity contribution in [2.24, 2.45) is 0 Å². The van der Waals surface area contributed by atoms with Gasteiger partial charge in [0.05, 0.1) is 5.69 Å². The Morgan fingerprint density at radius 1 is 0.361 bits per heavy atom. The van der Waals surface area contributed by atoms with Crippen molar-refractivity contribution in [2.45, 2.75) is 19.3 Å². The normalized spacial score (nSPS) is 12.9. The Bertz CT molecular complexity index is 3480. The van der Waals surface area contributed by atoms with E-state index < -0.39 is 0 Å². The summed E-state index contributed by atoms with van der Waals surface area (Å²) in [4.78, 5) is 2.51. The standard InChI is InChI=1S/C59H41NO/c1-59(2)53-25-12-10-19-47(53)48-36-35-43(37-54(48)59)60(42-33-31-40(32-34-42)44-23-14-24-52-49-20-11-13-26-55(49)61-58(44)52)57-51-22-9-7-18-46(51)45-17-6-8-21-50(45)56(57)41-29-27-39(28-30-41)38-15-4-3-5-16-38/h3-37H,1-2H3. The molecule has 12 rings (SSSR count). The van der Waals surface area contributed by atoms with Gasteiger partial charge in [0.1, 0.15) is 11.2 Å². The Kier molecular flexibility index (Phi) is 7.92. The van der Waals surface area contributed by atoms with E-state index in [4.69, 9.17) is 4.42 Å². The maximum atomic E-state index is 6.52. The molecule has 0 aliphatic heterocycles. The summed E-state index contributed by atoms with van der Waals surface area (Å²) in [5.41, 5.74) is 17.3. The Labute approximate surface area is 355 Å². The minimum atomic E-state index is -0.162. The summed E-state index contributed by atoms with van der Waals surface area (Å²) in [6.45, 7) is 4.73. The van der Waals surface area contributed by atoms with Gasteiger partial charge in [-0.05, 0) is 91.0 Å². The van der Waals surface area contributed by atoms with Gasteiger partial charge in [0.2, 0.25) is 0 Å². The molecule has 0 saturated carbocycles. The first-order chi connectivity index (χ1) is 30.0. The van der Waals surface area contributed by atoms with Crippen molar-refractivity contribution in [1.82, 2.24) is 0 Å². The first-order valence-electron chi connectivity index (χ1n) is 21.2. The molecular formula is C59H41NO. The highest BCUT2D eigenvalue weighted by atomic mass is 16.3. The Morgan fingerprint density at radius 2 is 0.902 bits per heavy atom. The van der Waals surface area contributed by atoms with E-state index in [-0.39, 0.29) is 5.41 Å². The van der Waals surface area contributed by atoms with Crippen LogP contribution in [0.3, 0.4) is 0 Å². The van der Waals surface area contributed by atoms with Crippen LogP contribution in [0.5, 0.6) is 0 Å². The average molecular weight is 780 g/mol. The largest absolute Gasteiger partial charge is 0.455 e. The van der Waals surface area contributed by atoms with Crippen LogP contribution >= 0.6 is 0 Å². The lowest BCUT2D eigenvalue weighted by molar-refractivity contribution is 0.660. The zero-order valence-electron chi connectivity index (χ0n) is 34.1. The molecule has 0 atom stereocenters. The zero-order valence-corrected chi connectivity index (χ0v) is 34.1. The highest BCUT2D eigenvalue weighted by Crippen LogP contribution is 2.53. The Hall–Kier alpha value is -7.68. The SMILES string of the molecule is CC1(C)c2ccccc2-c2ccc(N(c3ccc(-c4cccc5c4oc4ccccc45)cc3)c3c(-c4ccc(-c5ccccc5)cc4)c4ccccc4c4ccccc34)cc21. The molecule has 0 N–H and O–H groups in total. The first-order valence-corrected chi connectivity index (χ1v) is 21.2. The van der Waals surface area contributed by atoms with Crippen LogP contribution in [-0.2, 0) is 5.41 Å². The van der Waals surface area contributed by atoms with Gasteiger partial charge in [0.25, 0.3) is 0 Å². The fourth-order valence-corrected chi connectivity index (χ4v) is 10.1. The van der Waals surface area contributed by atoms with E-state index in [1.807, 2.05) is 6.07 Å². The smallest absolute Gasteiger partial charge is 0.143 e. The monoisotopic (exact) mass is 779 g/mol. The van der Waals surface area contributed by atoms with Crippen LogP contribution in [0.15, 0.2) is 217 Å². The fraction of sp³-hybridized carbons (Fsp3) is 0.0508. The minimum Gasteiger partial charge on any atom is -0.455 e. The number of anilines is 3. The van der Waals surface area contributed by atoms with Crippen molar-refractivity contribution < 1.29 is 4.42 Å². The van der Waals surface area contributed by atoms with Gasteiger partial charge >= 0.3 is 0 Å². The molecule has 2 heteroatoms. The van der Waals surface area contributed by atoms with Crippen molar-refractivity contribution >= 4 is 60.5 Å². The summed E-state index contributed by atoms with van der Waals surface area (Å²) in [5, 5.41) is 7.15. The lowest BCUT2D eigenvalue weighted by Gasteiger charge is -2.32. The third-order valence-corrected chi connectivity index (χ3v) is 13.1. The number of rotatable bonds is 6. The molecule has 1 aliphatic carbocycles. The van der Waals surface area contributed by atoms with E-state index in [9.17, 15) is 0 Å². The number of para-hydroxylation sites is 2. The van der Waals surface area contributed by atoms with E-state index in [0.29, 0.717) is 0 Å². The molecule has 0 unspecified atom stereocenters. The third kappa shape index (κ3) is 5.49. The van der Waals surface area contributed by atoms with Crippen molar-refractivity contribution in [3.63, 3.8) is 0 Å². The predicted molar refractivity (Wildman–Crippen MR) is 257 cm³/mol. The lowest BCUT2D eigenvalue weighted by atomic mass is 9.82. The topological polar surface area (TPSA) is 16.4 Å². The number of benzene rings is 10. The number of furan rings is 1. The van der Waals surface area contributed by atoms with E-state index in [1.54, 1.807) is 0 Å². The van der Waals surface area contributed by atoms with Gasteiger partial charge in [-0.2, -0.15) is 0 Å². The Morgan fingerprint density at radius 3 is 1.69 bits per heavy atom. The quantitative estimate of drug-likeness (QED) is 0.156. The first kappa shape index (κ1) is 35.3. The summed E-state index contributed by atoms with van der Waals surface area (Å²) in [6, 6.07) is 77.5. The molecule has 0 amide bonds.